The molecule has 0 spiro atoms. The van der Waals surface area contributed by atoms with Crippen LogP contribution in [0.25, 0.3) is 0 Å². The fraction of sp³-hybridized carbons (Fsp3) is 0.625. The van der Waals surface area contributed by atoms with Gasteiger partial charge in [-0.25, -0.2) is 0 Å². The van der Waals surface area contributed by atoms with Gasteiger partial charge < -0.3 is 14.8 Å². The van der Waals surface area contributed by atoms with E-state index < -0.39 is 0 Å². The number of likely N-dealkylation sites (N-methyl/N-ethyl adjacent to an activating group) is 1. The number of rotatable bonds is 7. The smallest absolute Gasteiger partial charge is 0.120 e. The minimum atomic E-state index is 0.250. The van der Waals surface area contributed by atoms with Crippen LogP contribution in [0.4, 0.5) is 0 Å². The summed E-state index contributed by atoms with van der Waals surface area (Å²) in [5.74, 6) is 1.70. The van der Waals surface area contributed by atoms with Crippen LogP contribution in [0.15, 0.2) is 24.3 Å². The van der Waals surface area contributed by atoms with Crippen molar-refractivity contribution < 1.29 is 9.47 Å². The lowest BCUT2D eigenvalue weighted by Gasteiger charge is -2.26. The number of methoxy groups -OCH3 is 1. The van der Waals surface area contributed by atoms with Crippen molar-refractivity contribution in [3.8, 4) is 5.75 Å². The predicted molar refractivity (Wildman–Crippen MR) is 75.4 cm³/mol. The van der Waals surface area contributed by atoms with Gasteiger partial charge in [-0.1, -0.05) is 12.1 Å². The number of hydrogen-bond acceptors (Lipinski definition) is 3. The van der Waals surface area contributed by atoms with E-state index in [4.69, 9.17) is 9.47 Å². The van der Waals surface area contributed by atoms with E-state index in [2.05, 4.69) is 23.5 Å². The zero-order valence-electron chi connectivity index (χ0n) is 11.8. The molecular formula is C16H23NO2. The molecule has 2 aliphatic rings. The highest BCUT2D eigenvalue weighted by atomic mass is 16.5. The molecule has 0 aliphatic heterocycles. The van der Waals surface area contributed by atoms with Crippen molar-refractivity contribution in [2.75, 3.05) is 14.2 Å². The highest BCUT2D eigenvalue weighted by Crippen LogP contribution is 2.40. The number of nitrogens with one attached hydrogen (secondary N) is 1. The highest BCUT2D eigenvalue weighted by molar-refractivity contribution is 5.32. The molecule has 2 atom stereocenters. The Morgan fingerprint density at radius 1 is 1.21 bits per heavy atom. The van der Waals surface area contributed by atoms with E-state index in [1.165, 1.54) is 31.2 Å². The SMILES string of the molecule is CNC(c1cccc(OC2CC2)c1)C(OC)C1CC1. The molecule has 0 amide bonds. The zero-order valence-corrected chi connectivity index (χ0v) is 11.8. The molecule has 0 radical (unpaired) electrons. The average Bonchev–Trinajstić information content (AvgIpc) is 3.29. The minimum absolute atomic E-state index is 0.250. The molecule has 0 saturated heterocycles. The van der Waals surface area contributed by atoms with Gasteiger partial charge in [-0.2, -0.15) is 0 Å². The average molecular weight is 261 g/mol. The van der Waals surface area contributed by atoms with Crippen molar-refractivity contribution in [3.63, 3.8) is 0 Å². The lowest BCUT2D eigenvalue weighted by Crippen LogP contribution is -2.32. The molecule has 2 fully saturated rings. The predicted octanol–water partition coefficient (Wildman–Crippen LogP) is 2.91. The van der Waals surface area contributed by atoms with Crippen LogP contribution in [0.2, 0.25) is 0 Å². The van der Waals surface area contributed by atoms with E-state index in [1.807, 2.05) is 20.2 Å². The van der Waals surface area contributed by atoms with Gasteiger partial charge in [0.25, 0.3) is 0 Å². The Kier molecular flexibility index (Phi) is 3.76. The molecule has 2 unspecified atom stereocenters. The summed E-state index contributed by atoms with van der Waals surface area (Å²) in [6.45, 7) is 0. The summed E-state index contributed by atoms with van der Waals surface area (Å²) in [4.78, 5) is 0. The van der Waals surface area contributed by atoms with Crippen molar-refractivity contribution in [2.24, 2.45) is 5.92 Å². The van der Waals surface area contributed by atoms with Crippen LogP contribution in [0, 0.1) is 5.92 Å². The molecule has 1 aromatic carbocycles. The molecule has 1 N–H and O–H groups in total. The standard InChI is InChI=1S/C16H23NO2/c1-17-15(16(18-2)11-6-7-11)12-4-3-5-14(10-12)19-13-8-9-13/h3-5,10-11,13,15-17H,6-9H2,1-2H3. The van der Waals surface area contributed by atoms with E-state index in [0.717, 1.165) is 5.75 Å². The Balaban J connectivity index is 1.76. The van der Waals surface area contributed by atoms with Crippen LogP contribution in [0.3, 0.4) is 0 Å². The van der Waals surface area contributed by atoms with E-state index in [-0.39, 0.29) is 12.1 Å². The van der Waals surface area contributed by atoms with Crippen molar-refractivity contribution in [1.82, 2.24) is 5.32 Å². The second-order valence-electron chi connectivity index (χ2n) is 5.69. The lowest BCUT2D eigenvalue weighted by molar-refractivity contribution is 0.0530. The molecule has 1 aromatic rings. The van der Waals surface area contributed by atoms with Crippen LogP contribution < -0.4 is 10.1 Å². The Labute approximate surface area is 115 Å². The third-order valence-electron chi connectivity index (χ3n) is 4.04. The molecule has 104 valence electrons. The van der Waals surface area contributed by atoms with Crippen molar-refractivity contribution in [3.05, 3.63) is 29.8 Å². The Morgan fingerprint density at radius 3 is 2.58 bits per heavy atom. The molecule has 3 heteroatoms. The van der Waals surface area contributed by atoms with E-state index in [1.54, 1.807) is 0 Å². The largest absolute Gasteiger partial charge is 0.490 e. The lowest BCUT2D eigenvalue weighted by atomic mass is 9.98. The summed E-state index contributed by atoms with van der Waals surface area (Å²) in [6, 6.07) is 8.70. The van der Waals surface area contributed by atoms with Crippen LogP contribution in [0.5, 0.6) is 5.75 Å². The Hall–Kier alpha value is -1.06. The maximum atomic E-state index is 5.88. The molecular weight excluding hydrogens is 238 g/mol. The fourth-order valence-electron chi connectivity index (χ4n) is 2.71. The Bertz CT molecular complexity index is 427. The van der Waals surface area contributed by atoms with E-state index in [0.29, 0.717) is 12.0 Å². The summed E-state index contributed by atoms with van der Waals surface area (Å²) in [5.41, 5.74) is 1.26. The van der Waals surface area contributed by atoms with Gasteiger partial charge >= 0.3 is 0 Å². The summed E-state index contributed by atoms with van der Waals surface area (Å²) in [7, 11) is 3.82. The molecule has 0 aromatic heterocycles. The number of ether oxygens (including phenoxy) is 2. The van der Waals surface area contributed by atoms with Crippen LogP contribution in [0.1, 0.15) is 37.3 Å². The first kappa shape index (κ1) is 12.9. The Morgan fingerprint density at radius 2 is 2.00 bits per heavy atom. The number of benzene rings is 1. The van der Waals surface area contributed by atoms with Crippen molar-refractivity contribution in [1.29, 1.82) is 0 Å². The first-order valence-electron chi connectivity index (χ1n) is 7.28. The van der Waals surface area contributed by atoms with Gasteiger partial charge in [0.05, 0.1) is 18.2 Å². The van der Waals surface area contributed by atoms with Gasteiger partial charge in [-0.05, 0) is 56.3 Å². The normalized spacial score (nSPS) is 22.0. The third-order valence-corrected chi connectivity index (χ3v) is 4.04. The molecule has 3 nitrogen and oxygen atoms in total. The highest BCUT2D eigenvalue weighted by Gasteiger charge is 2.37. The maximum Gasteiger partial charge on any atom is 0.120 e. The van der Waals surface area contributed by atoms with Crippen LogP contribution in [-0.2, 0) is 4.74 Å². The molecule has 3 rings (SSSR count). The summed E-state index contributed by atoms with van der Waals surface area (Å²) >= 11 is 0. The van der Waals surface area contributed by atoms with Gasteiger partial charge in [0.15, 0.2) is 0 Å². The van der Waals surface area contributed by atoms with Gasteiger partial charge in [-0.3, -0.25) is 0 Å². The second-order valence-corrected chi connectivity index (χ2v) is 5.69. The quantitative estimate of drug-likeness (QED) is 0.818. The van der Waals surface area contributed by atoms with E-state index in [9.17, 15) is 0 Å². The van der Waals surface area contributed by atoms with Crippen molar-refractivity contribution in [2.45, 2.75) is 43.9 Å². The monoisotopic (exact) mass is 261 g/mol. The fourth-order valence-corrected chi connectivity index (χ4v) is 2.71. The molecule has 2 aliphatic carbocycles. The second kappa shape index (κ2) is 5.51. The molecule has 2 saturated carbocycles. The van der Waals surface area contributed by atoms with Crippen LogP contribution >= 0.6 is 0 Å². The topological polar surface area (TPSA) is 30.5 Å². The summed E-state index contributed by atoms with van der Waals surface area (Å²) in [5, 5.41) is 3.41. The molecule has 0 bridgehead atoms. The van der Waals surface area contributed by atoms with Crippen molar-refractivity contribution >= 4 is 0 Å². The van der Waals surface area contributed by atoms with Gasteiger partial charge in [0, 0.05) is 7.11 Å². The molecule has 19 heavy (non-hydrogen) atoms. The van der Waals surface area contributed by atoms with Gasteiger partial charge in [-0.15, -0.1) is 0 Å². The summed E-state index contributed by atoms with van der Waals surface area (Å²) < 4.78 is 11.6. The van der Waals surface area contributed by atoms with Gasteiger partial charge in [0.1, 0.15) is 5.75 Å². The first-order chi connectivity index (χ1) is 9.31. The van der Waals surface area contributed by atoms with Gasteiger partial charge in [0.2, 0.25) is 0 Å². The van der Waals surface area contributed by atoms with Crippen LogP contribution in [-0.4, -0.2) is 26.4 Å². The zero-order chi connectivity index (χ0) is 13.2. The maximum absolute atomic E-state index is 5.88. The summed E-state index contributed by atoms with van der Waals surface area (Å²) in [6.07, 6.45) is 5.68. The number of hydrogen-bond donors (Lipinski definition) is 1. The molecule has 0 heterocycles. The first-order valence-corrected chi connectivity index (χ1v) is 7.28. The third kappa shape index (κ3) is 3.10. The minimum Gasteiger partial charge on any atom is -0.490 e. The van der Waals surface area contributed by atoms with E-state index >= 15 is 0 Å².